The average molecular weight is 297 g/mol. The molecule has 0 aliphatic rings. The Kier molecular flexibility index (Phi) is 13.2. The minimum absolute atomic E-state index is 0.852. The van der Waals surface area contributed by atoms with E-state index < -0.39 is 0 Å². The highest BCUT2D eigenvalue weighted by Gasteiger charge is 1.92. The maximum atomic E-state index is 5.03. The zero-order valence-corrected chi connectivity index (χ0v) is 14.8. The quantitative estimate of drug-likeness (QED) is 0.353. The molecule has 116 valence electrons. The Bertz CT molecular complexity index is 322. The second kappa shape index (κ2) is 13.5. The summed E-state index contributed by atoms with van der Waals surface area (Å²) in [5.74, 6) is 2.20. The number of hydrogen-bond donors (Lipinski definition) is 0. The van der Waals surface area contributed by atoms with Crippen LogP contribution >= 0.6 is 11.8 Å². The van der Waals surface area contributed by atoms with Crippen LogP contribution in [0.1, 0.15) is 53.4 Å². The van der Waals surface area contributed by atoms with Gasteiger partial charge < -0.3 is 4.74 Å². The second-order valence-electron chi connectivity index (χ2n) is 5.53. The van der Waals surface area contributed by atoms with Crippen molar-refractivity contribution in [2.75, 3.05) is 25.2 Å². The molecule has 0 N–H and O–H groups in total. The van der Waals surface area contributed by atoms with Crippen LogP contribution in [0.25, 0.3) is 0 Å². The first-order chi connectivity index (χ1) is 9.56. The van der Waals surface area contributed by atoms with E-state index >= 15 is 0 Å². The van der Waals surface area contributed by atoms with Gasteiger partial charge in [0, 0.05) is 18.6 Å². The minimum atomic E-state index is 0.852. The van der Waals surface area contributed by atoms with Crippen molar-refractivity contribution in [2.24, 2.45) is 0 Å². The first kappa shape index (κ1) is 19.5. The van der Waals surface area contributed by atoms with Crippen molar-refractivity contribution in [3.05, 3.63) is 34.9 Å². The highest BCUT2D eigenvalue weighted by molar-refractivity contribution is 7.99. The van der Waals surface area contributed by atoms with E-state index in [0.717, 1.165) is 18.1 Å². The molecule has 0 saturated heterocycles. The monoisotopic (exact) mass is 296 g/mol. The van der Waals surface area contributed by atoms with E-state index in [9.17, 15) is 0 Å². The van der Waals surface area contributed by atoms with Gasteiger partial charge in [-0.2, -0.15) is 11.8 Å². The molecule has 0 fully saturated rings. The van der Waals surface area contributed by atoms with E-state index in [4.69, 9.17) is 4.74 Å². The second-order valence-corrected chi connectivity index (χ2v) is 6.68. The Morgan fingerprint density at radius 3 is 2.10 bits per heavy atom. The van der Waals surface area contributed by atoms with Crippen LogP contribution in [0.2, 0.25) is 0 Å². The van der Waals surface area contributed by atoms with Crippen LogP contribution < -0.4 is 0 Å². The molecule has 0 aliphatic carbocycles. The average Bonchev–Trinajstić information content (AvgIpc) is 2.38. The van der Waals surface area contributed by atoms with Gasteiger partial charge in [-0.1, -0.05) is 34.9 Å². The Morgan fingerprint density at radius 1 is 0.900 bits per heavy atom. The fraction of sp³-hybridized carbons (Fsp3) is 0.667. The van der Waals surface area contributed by atoms with Crippen molar-refractivity contribution >= 4 is 11.8 Å². The van der Waals surface area contributed by atoms with Crippen LogP contribution in [-0.2, 0) is 4.74 Å². The number of rotatable bonds is 11. The van der Waals surface area contributed by atoms with Crippen LogP contribution in [-0.4, -0.2) is 25.2 Å². The van der Waals surface area contributed by atoms with E-state index in [-0.39, 0.29) is 0 Å². The summed E-state index contributed by atoms with van der Waals surface area (Å²) in [6.07, 6.45) is 11.8. The van der Waals surface area contributed by atoms with Crippen LogP contribution in [0.3, 0.4) is 0 Å². The molecule has 20 heavy (non-hydrogen) atoms. The zero-order chi connectivity index (χ0) is 15.2. The summed E-state index contributed by atoms with van der Waals surface area (Å²) in [6.45, 7) is 9.67. The lowest BCUT2D eigenvalue weighted by atomic mass is 10.1. The van der Waals surface area contributed by atoms with Gasteiger partial charge in [0.1, 0.15) is 0 Å². The number of methoxy groups -OCH3 is 1. The highest BCUT2D eigenvalue weighted by atomic mass is 32.2. The van der Waals surface area contributed by atoms with Crippen molar-refractivity contribution in [1.29, 1.82) is 0 Å². The fourth-order valence-corrected chi connectivity index (χ4v) is 2.62. The zero-order valence-electron chi connectivity index (χ0n) is 14.0. The van der Waals surface area contributed by atoms with Gasteiger partial charge in [0.25, 0.3) is 0 Å². The van der Waals surface area contributed by atoms with Gasteiger partial charge in [0.05, 0.1) is 6.61 Å². The predicted octanol–water partition coefficient (Wildman–Crippen LogP) is 5.79. The smallest absolute Gasteiger partial charge is 0.0553 e. The lowest BCUT2D eigenvalue weighted by molar-refractivity contribution is 0.218. The molecule has 0 spiro atoms. The van der Waals surface area contributed by atoms with Crippen molar-refractivity contribution in [2.45, 2.75) is 53.4 Å². The molecular weight excluding hydrogens is 264 g/mol. The van der Waals surface area contributed by atoms with Gasteiger partial charge in [0.15, 0.2) is 0 Å². The van der Waals surface area contributed by atoms with E-state index in [1.165, 1.54) is 42.4 Å². The minimum Gasteiger partial charge on any atom is -0.384 e. The summed E-state index contributed by atoms with van der Waals surface area (Å²) in [7, 11) is 1.76. The molecule has 0 aromatic rings. The highest BCUT2D eigenvalue weighted by Crippen LogP contribution is 2.12. The van der Waals surface area contributed by atoms with Crippen molar-refractivity contribution in [1.82, 2.24) is 0 Å². The standard InChI is InChI=1S/C18H32OS/c1-16(2)8-6-9-17(3)10-7-11-18(4)12-14-20-15-13-19-5/h8,10,12H,6-7,9,11,13-15H2,1-5H3/b17-10+,18-12+. The number of allylic oxidation sites excluding steroid dienone is 5. The molecule has 2 heteroatoms. The molecule has 0 radical (unpaired) electrons. The van der Waals surface area contributed by atoms with Crippen molar-refractivity contribution in [3.63, 3.8) is 0 Å². The summed E-state index contributed by atoms with van der Waals surface area (Å²) in [5, 5.41) is 0. The molecule has 0 bridgehead atoms. The molecule has 0 saturated carbocycles. The largest absolute Gasteiger partial charge is 0.384 e. The van der Waals surface area contributed by atoms with E-state index in [2.05, 4.69) is 45.9 Å². The van der Waals surface area contributed by atoms with Gasteiger partial charge in [0.2, 0.25) is 0 Å². The molecule has 0 aromatic heterocycles. The SMILES string of the molecule is COCCSC/C=C(\C)CC/C=C(\C)CCC=C(C)C. The van der Waals surface area contributed by atoms with Crippen LogP contribution in [0.4, 0.5) is 0 Å². The summed E-state index contributed by atoms with van der Waals surface area (Å²) in [4.78, 5) is 0. The van der Waals surface area contributed by atoms with E-state index in [1.807, 2.05) is 11.8 Å². The van der Waals surface area contributed by atoms with Crippen molar-refractivity contribution < 1.29 is 4.74 Å². The summed E-state index contributed by atoms with van der Waals surface area (Å²) in [5.41, 5.74) is 4.44. The van der Waals surface area contributed by atoms with Crippen LogP contribution in [0, 0.1) is 0 Å². The number of hydrogen-bond acceptors (Lipinski definition) is 2. The molecule has 0 aliphatic heterocycles. The van der Waals surface area contributed by atoms with Crippen LogP contribution in [0.5, 0.6) is 0 Å². The molecule has 0 heterocycles. The Labute approximate surface area is 130 Å². The summed E-state index contributed by atoms with van der Waals surface area (Å²) in [6, 6.07) is 0. The third-order valence-electron chi connectivity index (χ3n) is 3.10. The number of ether oxygens (including phenoxy) is 1. The maximum Gasteiger partial charge on any atom is 0.0553 e. The lowest BCUT2D eigenvalue weighted by Crippen LogP contribution is -1.91. The fourth-order valence-electron chi connectivity index (χ4n) is 1.77. The first-order valence-corrected chi connectivity index (χ1v) is 8.73. The molecule has 1 nitrogen and oxygen atoms in total. The molecule has 0 aromatic carbocycles. The molecule has 0 amide bonds. The predicted molar refractivity (Wildman–Crippen MR) is 94.6 cm³/mol. The van der Waals surface area contributed by atoms with Gasteiger partial charge >= 0.3 is 0 Å². The Hall–Kier alpha value is -0.470. The molecule has 0 rings (SSSR count). The molecule has 0 atom stereocenters. The van der Waals surface area contributed by atoms with Gasteiger partial charge in [-0.25, -0.2) is 0 Å². The van der Waals surface area contributed by atoms with Crippen LogP contribution in [0.15, 0.2) is 34.9 Å². The maximum absolute atomic E-state index is 5.03. The third kappa shape index (κ3) is 14.0. The Morgan fingerprint density at radius 2 is 1.50 bits per heavy atom. The van der Waals surface area contributed by atoms with Gasteiger partial charge in [-0.3, -0.25) is 0 Å². The normalized spacial score (nSPS) is 12.7. The van der Waals surface area contributed by atoms with Gasteiger partial charge in [-0.15, -0.1) is 0 Å². The lowest BCUT2D eigenvalue weighted by Gasteiger charge is -2.02. The Balaban J connectivity index is 3.74. The topological polar surface area (TPSA) is 9.23 Å². The first-order valence-electron chi connectivity index (χ1n) is 7.57. The third-order valence-corrected chi connectivity index (χ3v) is 3.96. The summed E-state index contributed by atoms with van der Waals surface area (Å²) < 4.78 is 5.03. The molecular formula is C18H32OS. The molecule has 0 unspecified atom stereocenters. The van der Waals surface area contributed by atoms with E-state index in [0.29, 0.717) is 0 Å². The van der Waals surface area contributed by atoms with E-state index in [1.54, 1.807) is 7.11 Å². The van der Waals surface area contributed by atoms with Crippen molar-refractivity contribution in [3.8, 4) is 0 Å². The van der Waals surface area contributed by atoms with Gasteiger partial charge in [-0.05, 0) is 53.4 Å². The number of thioether (sulfide) groups is 1. The summed E-state index contributed by atoms with van der Waals surface area (Å²) >= 11 is 1.94.